The summed E-state index contributed by atoms with van der Waals surface area (Å²) in [6, 6.07) is 13.4. The van der Waals surface area contributed by atoms with Crippen molar-refractivity contribution in [1.82, 2.24) is 0 Å². The minimum Gasteiger partial charge on any atom is -0.399 e. The molecule has 0 saturated heterocycles. The second kappa shape index (κ2) is 5.82. The molecule has 0 aliphatic carbocycles. The first-order valence-electron chi connectivity index (χ1n) is 5.74. The summed E-state index contributed by atoms with van der Waals surface area (Å²) in [6.07, 6.45) is 3.00. The third kappa shape index (κ3) is 3.67. The molecule has 0 unspecified atom stereocenters. The summed E-state index contributed by atoms with van der Waals surface area (Å²) in [7, 11) is 0. The smallest absolute Gasteiger partial charge is 0.248 e. The van der Waals surface area contributed by atoms with Gasteiger partial charge < -0.3 is 11.1 Å². The predicted octanol–water partition coefficient (Wildman–Crippen LogP) is 3.06. The van der Waals surface area contributed by atoms with Crippen LogP contribution in [0, 0.1) is 5.82 Å². The molecule has 1 amide bonds. The Morgan fingerprint density at radius 2 is 1.89 bits per heavy atom. The molecule has 0 aliphatic heterocycles. The molecule has 2 aromatic rings. The molecule has 0 radical (unpaired) electrons. The normalized spacial score (nSPS) is 10.6. The number of carbonyl (C=O) groups excluding carboxylic acids is 1. The number of carbonyl (C=O) groups is 1. The molecule has 0 saturated carbocycles. The van der Waals surface area contributed by atoms with Crippen LogP contribution in [0.3, 0.4) is 0 Å². The van der Waals surface area contributed by atoms with Crippen molar-refractivity contribution in [2.75, 3.05) is 11.1 Å². The fraction of sp³-hybridized carbons (Fsp3) is 0. The number of nitrogens with two attached hydrogens (primary N) is 1. The fourth-order valence-electron chi connectivity index (χ4n) is 1.55. The van der Waals surface area contributed by atoms with Crippen LogP contribution < -0.4 is 11.1 Å². The lowest BCUT2D eigenvalue weighted by molar-refractivity contribution is -0.111. The van der Waals surface area contributed by atoms with Crippen LogP contribution >= 0.6 is 0 Å². The maximum absolute atomic E-state index is 13.4. The Bertz CT molecular complexity index is 609. The Kier molecular flexibility index (Phi) is 3.93. The molecular formula is C15H13FN2O. The van der Waals surface area contributed by atoms with E-state index in [9.17, 15) is 9.18 Å². The predicted molar refractivity (Wildman–Crippen MR) is 74.9 cm³/mol. The van der Waals surface area contributed by atoms with E-state index in [1.165, 1.54) is 24.3 Å². The zero-order valence-corrected chi connectivity index (χ0v) is 10.1. The number of nitrogens with one attached hydrogen (secondary N) is 1. The summed E-state index contributed by atoms with van der Waals surface area (Å²) in [5.41, 5.74) is 6.89. The van der Waals surface area contributed by atoms with Crippen molar-refractivity contribution in [3.8, 4) is 0 Å². The van der Waals surface area contributed by atoms with Gasteiger partial charge in [0.15, 0.2) is 0 Å². The number of hydrogen-bond acceptors (Lipinski definition) is 2. The van der Waals surface area contributed by atoms with Crippen molar-refractivity contribution in [3.05, 3.63) is 66.0 Å². The Labute approximate surface area is 110 Å². The van der Waals surface area contributed by atoms with Gasteiger partial charge in [0.1, 0.15) is 5.82 Å². The molecule has 4 heteroatoms. The first-order chi connectivity index (χ1) is 9.15. The fourth-order valence-corrected chi connectivity index (χ4v) is 1.55. The Morgan fingerprint density at radius 1 is 1.16 bits per heavy atom. The highest BCUT2D eigenvalue weighted by Crippen LogP contribution is 2.17. The van der Waals surface area contributed by atoms with Gasteiger partial charge in [0.25, 0.3) is 0 Å². The van der Waals surface area contributed by atoms with Crippen molar-refractivity contribution >= 4 is 23.4 Å². The summed E-state index contributed by atoms with van der Waals surface area (Å²) in [5, 5.41) is 2.44. The number of anilines is 2. The van der Waals surface area contributed by atoms with Gasteiger partial charge in [-0.15, -0.1) is 0 Å². The zero-order valence-electron chi connectivity index (χ0n) is 10.1. The largest absolute Gasteiger partial charge is 0.399 e. The first kappa shape index (κ1) is 12.8. The number of nitrogen functional groups attached to an aromatic ring is 1. The summed E-state index contributed by atoms with van der Waals surface area (Å²) in [4.78, 5) is 11.6. The Balaban J connectivity index is 2.06. The lowest BCUT2D eigenvalue weighted by atomic mass is 10.2. The third-order valence-electron chi connectivity index (χ3n) is 2.48. The van der Waals surface area contributed by atoms with Gasteiger partial charge in [-0.05, 0) is 29.8 Å². The molecule has 0 fully saturated rings. The highest BCUT2D eigenvalue weighted by atomic mass is 19.1. The number of rotatable bonds is 3. The minimum atomic E-state index is -0.518. The van der Waals surface area contributed by atoms with Crippen molar-refractivity contribution in [1.29, 1.82) is 0 Å². The van der Waals surface area contributed by atoms with Crippen LogP contribution in [0.4, 0.5) is 15.8 Å². The second-order valence-electron chi connectivity index (χ2n) is 3.97. The van der Waals surface area contributed by atoms with Crippen molar-refractivity contribution < 1.29 is 9.18 Å². The first-order valence-corrected chi connectivity index (χ1v) is 5.74. The molecule has 0 bridgehead atoms. The maximum atomic E-state index is 13.4. The van der Waals surface area contributed by atoms with Gasteiger partial charge in [0.05, 0.1) is 5.69 Å². The molecule has 3 nitrogen and oxygen atoms in total. The topological polar surface area (TPSA) is 55.1 Å². The molecule has 0 spiro atoms. The van der Waals surface area contributed by atoms with E-state index in [2.05, 4.69) is 5.32 Å². The Morgan fingerprint density at radius 3 is 2.63 bits per heavy atom. The number of hydrogen-bond donors (Lipinski definition) is 2. The van der Waals surface area contributed by atoms with Crippen LogP contribution in [0.5, 0.6) is 0 Å². The van der Waals surface area contributed by atoms with Crippen LogP contribution in [0.25, 0.3) is 6.08 Å². The van der Waals surface area contributed by atoms with Crippen LogP contribution in [0.2, 0.25) is 0 Å². The summed E-state index contributed by atoms with van der Waals surface area (Å²) in [5.74, 6) is -0.927. The van der Waals surface area contributed by atoms with E-state index in [1.54, 1.807) is 6.08 Å². The van der Waals surface area contributed by atoms with Gasteiger partial charge in [-0.3, -0.25) is 4.79 Å². The van der Waals surface area contributed by atoms with Crippen molar-refractivity contribution in [2.45, 2.75) is 0 Å². The molecule has 0 atom stereocenters. The third-order valence-corrected chi connectivity index (χ3v) is 2.48. The summed E-state index contributed by atoms with van der Waals surface area (Å²) in [6.45, 7) is 0. The molecule has 19 heavy (non-hydrogen) atoms. The molecule has 2 rings (SSSR count). The molecule has 96 valence electrons. The lowest BCUT2D eigenvalue weighted by Crippen LogP contribution is -2.09. The quantitative estimate of drug-likeness (QED) is 0.655. The van der Waals surface area contributed by atoms with Gasteiger partial charge >= 0.3 is 0 Å². The molecule has 0 aliphatic rings. The van der Waals surface area contributed by atoms with E-state index in [-0.39, 0.29) is 5.69 Å². The van der Waals surface area contributed by atoms with Gasteiger partial charge in [-0.2, -0.15) is 0 Å². The minimum absolute atomic E-state index is 0.0720. The number of amides is 1. The summed E-state index contributed by atoms with van der Waals surface area (Å²) >= 11 is 0. The van der Waals surface area contributed by atoms with Crippen LogP contribution in [0.15, 0.2) is 54.6 Å². The molecular weight excluding hydrogens is 243 g/mol. The Hall–Kier alpha value is -2.62. The van der Waals surface area contributed by atoms with Gasteiger partial charge in [-0.1, -0.05) is 30.3 Å². The standard InChI is InChI=1S/C15H13FN2O/c16-13-8-7-12(17)10-14(13)18-15(19)9-6-11-4-2-1-3-5-11/h1-10H,17H2,(H,18,19)/b9-6+. The highest BCUT2D eigenvalue weighted by Gasteiger charge is 2.04. The van der Waals surface area contributed by atoms with E-state index in [0.717, 1.165) is 5.56 Å². The van der Waals surface area contributed by atoms with Gasteiger partial charge in [0, 0.05) is 11.8 Å². The van der Waals surface area contributed by atoms with Gasteiger partial charge in [-0.25, -0.2) is 4.39 Å². The zero-order chi connectivity index (χ0) is 13.7. The average molecular weight is 256 g/mol. The summed E-state index contributed by atoms with van der Waals surface area (Å²) < 4.78 is 13.4. The van der Waals surface area contributed by atoms with Gasteiger partial charge in [0.2, 0.25) is 5.91 Å². The van der Waals surface area contributed by atoms with E-state index in [4.69, 9.17) is 5.73 Å². The van der Waals surface area contributed by atoms with Crippen LogP contribution in [-0.2, 0) is 4.79 Å². The van der Waals surface area contributed by atoms with E-state index >= 15 is 0 Å². The number of halogens is 1. The SMILES string of the molecule is Nc1ccc(F)c(NC(=O)/C=C/c2ccccc2)c1. The molecule has 2 aromatic carbocycles. The maximum Gasteiger partial charge on any atom is 0.248 e. The van der Waals surface area contributed by atoms with Crippen LogP contribution in [0.1, 0.15) is 5.56 Å². The monoisotopic (exact) mass is 256 g/mol. The second-order valence-corrected chi connectivity index (χ2v) is 3.97. The average Bonchev–Trinajstić information content (AvgIpc) is 2.42. The molecule has 0 aromatic heterocycles. The van der Waals surface area contributed by atoms with Crippen molar-refractivity contribution in [3.63, 3.8) is 0 Å². The van der Waals surface area contributed by atoms with E-state index in [0.29, 0.717) is 5.69 Å². The molecule has 0 heterocycles. The highest BCUT2D eigenvalue weighted by molar-refractivity contribution is 6.02. The van der Waals surface area contributed by atoms with E-state index in [1.807, 2.05) is 30.3 Å². The van der Waals surface area contributed by atoms with E-state index < -0.39 is 11.7 Å². The lowest BCUT2D eigenvalue weighted by Gasteiger charge is -2.04. The molecule has 3 N–H and O–H groups in total. The van der Waals surface area contributed by atoms with Crippen molar-refractivity contribution in [2.24, 2.45) is 0 Å². The number of benzene rings is 2. The van der Waals surface area contributed by atoms with Crippen LogP contribution in [-0.4, -0.2) is 5.91 Å².